The lowest BCUT2D eigenvalue weighted by molar-refractivity contribution is 0.145. The average molecular weight is 331 g/mol. The predicted molar refractivity (Wildman–Crippen MR) is 99.6 cm³/mol. The van der Waals surface area contributed by atoms with Gasteiger partial charge in [-0.2, -0.15) is 0 Å². The number of aliphatic imine (C=N–C) groups is 1. The maximum absolute atomic E-state index is 5.33. The number of aromatic nitrogens is 2. The van der Waals surface area contributed by atoms with Gasteiger partial charge in [0.2, 0.25) is 0 Å². The lowest BCUT2D eigenvalue weighted by Gasteiger charge is -2.12. The fourth-order valence-electron chi connectivity index (χ4n) is 2.67. The number of nitrogens with zero attached hydrogens (tertiary/aromatic N) is 3. The van der Waals surface area contributed by atoms with E-state index >= 15 is 0 Å². The molecule has 0 aliphatic carbocycles. The molecular formula is C18H29N5O. The third-order valence-electron chi connectivity index (χ3n) is 3.88. The van der Waals surface area contributed by atoms with Gasteiger partial charge in [-0.15, -0.1) is 0 Å². The highest BCUT2D eigenvalue weighted by Crippen LogP contribution is 2.15. The smallest absolute Gasteiger partial charge is 0.190 e. The monoisotopic (exact) mass is 331 g/mol. The summed E-state index contributed by atoms with van der Waals surface area (Å²) in [5.74, 6) is 1.91. The Morgan fingerprint density at radius 2 is 1.96 bits per heavy atom. The molecular weight excluding hydrogens is 302 g/mol. The molecule has 0 aliphatic rings. The maximum Gasteiger partial charge on any atom is 0.190 e. The van der Waals surface area contributed by atoms with Gasteiger partial charge in [0.1, 0.15) is 5.82 Å². The summed E-state index contributed by atoms with van der Waals surface area (Å²) in [5, 5.41) is 6.66. The normalized spacial score (nSPS) is 11.9. The second-order valence-electron chi connectivity index (χ2n) is 5.63. The van der Waals surface area contributed by atoms with Crippen molar-refractivity contribution >= 4 is 17.0 Å². The molecule has 24 heavy (non-hydrogen) atoms. The van der Waals surface area contributed by atoms with Crippen LogP contribution in [0.5, 0.6) is 0 Å². The Kier molecular flexibility index (Phi) is 7.55. The van der Waals surface area contributed by atoms with E-state index < -0.39 is 0 Å². The van der Waals surface area contributed by atoms with Crippen molar-refractivity contribution in [3.05, 3.63) is 30.1 Å². The van der Waals surface area contributed by atoms with Crippen LogP contribution in [-0.4, -0.2) is 48.9 Å². The molecule has 2 rings (SSSR count). The quantitative estimate of drug-likeness (QED) is 0.420. The Hall–Kier alpha value is -2.08. The highest BCUT2D eigenvalue weighted by molar-refractivity contribution is 5.79. The van der Waals surface area contributed by atoms with E-state index in [0.29, 0.717) is 0 Å². The molecule has 0 spiro atoms. The van der Waals surface area contributed by atoms with Gasteiger partial charge in [0.15, 0.2) is 5.96 Å². The molecule has 2 aromatic rings. The van der Waals surface area contributed by atoms with Crippen LogP contribution < -0.4 is 10.6 Å². The molecule has 1 aromatic heterocycles. The molecule has 1 aromatic carbocycles. The predicted octanol–water partition coefficient (Wildman–Crippen LogP) is 2.33. The molecule has 0 bridgehead atoms. The van der Waals surface area contributed by atoms with Crippen molar-refractivity contribution in [2.75, 3.05) is 33.4 Å². The van der Waals surface area contributed by atoms with Gasteiger partial charge in [-0.25, -0.2) is 4.98 Å². The van der Waals surface area contributed by atoms with Gasteiger partial charge in [0.25, 0.3) is 0 Å². The topological polar surface area (TPSA) is 63.5 Å². The van der Waals surface area contributed by atoms with Crippen molar-refractivity contribution in [1.29, 1.82) is 0 Å². The molecule has 0 atom stereocenters. The first-order chi connectivity index (χ1) is 11.8. The maximum atomic E-state index is 5.33. The summed E-state index contributed by atoms with van der Waals surface area (Å²) in [4.78, 5) is 8.85. The highest BCUT2D eigenvalue weighted by Gasteiger charge is 2.06. The molecule has 2 N–H and O–H groups in total. The van der Waals surface area contributed by atoms with E-state index in [1.807, 2.05) is 13.0 Å². The fraction of sp³-hybridized carbons (Fsp3) is 0.556. The molecule has 6 heteroatoms. The molecule has 0 saturated carbocycles. The minimum atomic E-state index is 0.773. The first-order valence-electron chi connectivity index (χ1n) is 8.70. The Morgan fingerprint density at radius 3 is 2.71 bits per heavy atom. The second-order valence-corrected chi connectivity index (χ2v) is 5.63. The van der Waals surface area contributed by atoms with Gasteiger partial charge in [0.05, 0.1) is 11.0 Å². The summed E-state index contributed by atoms with van der Waals surface area (Å²) in [6, 6.07) is 8.28. The van der Waals surface area contributed by atoms with Crippen LogP contribution in [0.1, 0.15) is 25.6 Å². The standard InChI is InChI=1S/C18H29N5O/c1-4-24-14-8-12-21-18(19-3)20-11-7-13-23-15(2)22-16-9-5-6-10-17(16)23/h5-6,9-10H,4,7-8,11-14H2,1-3H3,(H2,19,20,21). The number of ether oxygens (including phenoxy) is 1. The van der Waals surface area contributed by atoms with E-state index in [0.717, 1.165) is 63.0 Å². The van der Waals surface area contributed by atoms with Crippen molar-refractivity contribution in [2.24, 2.45) is 4.99 Å². The second kappa shape index (κ2) is 9.93. The Bertz CT molecular complexity index is 650. The lowest BCUT2D eigenvalue weighted by Crippen LogP contribution is -2.38. The number of imidazole rings is 1. The largest absolute Gasteiger partial charge is 0.382 e. The van der Waals surface area contributed by atoms with E-state index in [-0.39, 0.29) is 0 Å². The molecule has 6 nitrogen and oxygen atoms in total. The molecule has 1 heterocycles. The average Bonchev–Trinajstić information content (AvgIpc) is 2.92. The number of hydrogen-bond donors (Lipinski definition) is 2. The van der Waals surface area contributed by atoms with Crippen LogP contribution in [0, 0.1) is 6.92 Å². The highest BCUT2D eigenvalue weighted by atomic mass is 16.5. The molecule has 0 radical (unpaired) electrons. The van der Waals surface area contributed by atoms with E-state index in [9.17, 15) is 0 Å². The van der Waals surface area contributed by atoms with E-state index in [4.69, 9.17) is 4.74 Å². The fourth-order valence-corrected chi connectivity index (χ4v) is 2.67. The summed E-state index contributed by atoms with van der Waals surface area (Å²) in [7, 11) is 1.80. The summed E-state index contributed by atoms with van der Waals surface area (Å²) in [6.45, 7) is 8.32. The van der Waals surface area contributed by atoms with Crippen LogP contribution in [0.4, 0.5) is 0 Å². The van der Waals surface area contributed by atoms with Crippen LogP contribution in [0.25, 0.3) is 11.0 Å². The van der Waals surface area contributed by atoms with E-state index in [1.165, 1.54) is 5.52 Å². The van der Waals surface area contributed by atoms with Crippen molar-refractivity contribution in [3.8, 4) is 0 Å². The van der Waals surface area contributed by atoms with Crippen molar-refractivity contribution in [3.63, 3.8) is 0 Å². The van der Waals surface area contributed by atoms with Crippen LogP contribution >= 0.6 is 0 Å². The zero-order valence-electron chi connectivity index (χ0n) is 15.0. The summed E-state index contributed by atoms with van der Waals surface area (Å²) in [5.41, 5.74) is 2.27. The van der Waals surface area contributed by atoms with E-state index in [1.54, 1.807) is 7.05 Å². The SMILES string of the molecule is CCOCCCNC(=NC)NCCCn1c(C)nc2ccccc21. The van der Waals surface area contributed by atoms with Crippen molar-refractivity contribution in [2.45, 2.75) is 33.2 Å². The first kappa shape index (κ1) is 18.3. The number of rotatable bonds is 9. The molecule has 0 fully saturated rings. The van der Waals surface area contributed by atoms with Crippen molar-refractivity contribution < 1.29 is 4.74 Å². The number of hydrogen-bond acceptors (Lipinski definition) is 3. The van der Waals surface area contributed by atoms with Gasteiger partial charge >= 0.3 is 0 Å². The third kappa shape index (κ3) is 5.23. The number of aryl methyl sites for hydroxylation is 2. The Morgan fingerprint density at radius 1 is 1.21 bits per heavy atom. The Labute approximate surface area is 144 Å². The summed E-state index contributed by atoms with van der Waals surface area (Å²) < 4.78 is 7.60. The molecule has 0 amide bonds. The third-order valence-corrected chi connectivity index (χ3v) is 3.88. The van der Waals surface area contributed by atoms with Crippen LogP contribution in [0.2, 0.25) is 0 Å². The van der Waals surface area contributed by atoms with Crippen LogP contribution in [-0.2, 0) is 11.3 Å². The van der Waals surface area contributed by atoms with Gasteiger partial charge in [-0.1, -0.05) is 12.1 Å². The van der Waals surface area contributed by atoms with Crippen LogP contribution in [0.15, 0.2) is 29.3 Å². The number of fused-ring (bicyclic) bond motifs is 1. The van der Waals surface area contributed by atoms with Gasteiger partial charge < -0.3 is 19.9 Å². The zero-order valence-corrected chi connectivity index (χ0v) is 15.0. The first-order valence-corrected chi connectivity index (χ1v) is 8.70. The molecule has 132 valence electrons. The molecule has 0 saturated heterocycles. The number of nitrogens with one attached hydrogen (secondary N) is 2. The minimum Gasteiger partial charge on any atom is -0.382 e. The van der Waals surface area contributed by atoms with Gasteiger partial charge in [-0.05, 0) is 38.8 Å². The van der Waals surface area contributed by atoms with Gasteiger partial charge in [0, 0.05) is 39.9 Å². The van der Waals surface area contributed by atoms with Crippen molar-refractivity contribution in [1.82, 2.24) is 20.2 Å². The zero-order chi connectivity index (χ0) is 17.2. The number of para-hydroxylation sites is 2. The van der Waals surface area contributed by atoms with Crippen LogP contribution in [0.3, 0.4) is 0 Å². The summed E-state index contributed by atoms with van der Waals surface area (Å²) in [6.07, 6.45) is 2.00. The van der Waals surface area contributed by atoms with E-state index in [2.05, 4.69) is 50.3 Å². The number of benzene rings is 1. The molecule has 0 unspecified atom stereocenters. The number of guanidine groups is 1. The Balaban J connectivity index is 1.72. The lowest BCUT2D eigenvalue weighted by atomic mass is 10.3. The van der Waals surface area contributed by atoms with Gasteiger partial charge in [-0.3, -0.25) is 4.99 Å². The summed E-state index contributed by atoms with van der Waals surface area (Å²) >= 11 is 0. The minimum absolute atomic E-state index is 0.773. The molecule has 0 aliphatic heterocycles.